The van der Waals surface area contributed by atoms with Crippen molar-refractivity contribution in [3.05, 3.63) is 47.9 Å². The lowest BCUT2D eigenvalue weighted by Crippen LogP contribution is -2.27. The topological polar surface area (TPSA) is 74.6 Å². The Balaban J connectivity index is 1.48. The molecule has 25 heavy (non-hydrogen) atoms. The van der Waals surface area contributed by atoms with Gasteiger partial charge in [0.2, 0.25) is 5.91 Å². The van der Waals surface area contributed by atoms with Crippen LogP contribution in [0.3, 0.4) is 0 Å². The van der Waals surface area contributed by atoms with Crippen molar-refractivity contribution in [2.24, 2.45) is 0 Å². The molecule has 1 aliphatic rings. The number of aryl methyl sites for hydroxylation is 1. The molecule has 0 aliphatic carbocycles. The Morgan fingerprint density at radius 3 is 2.68 bits per heavy atom. The Morgan fingerprint density at radius 2 is 2.00 bits per heavy atom. The SMILES string of the molecule is Cc1cc(N2CCCC2)ccc1NC(=O)CCNC(=O)c1ccco1. The average molecular weight is 341 g/mol. The number of nitrogens with zero attached hydrogens (tertiary/aromatic N) is 1. The number of carbonyl (C=O) groups excluding carboxylic acids is 2. The van der Waals surface area contributed by atoms with E-state index in [1.807, 2.05) is 19.1 Å². The maximum absolute atomic E-state index is 12.1. The maximum atomic E-state index is 12.1. The average Bonchev–Trinajstić information content (AvgIpc) is 3.30. The Labute approximate surface area is 147 Å². The van der Waals surface area contributed by atoms with E-state index in [0.29, 0.717) is 0 Å². The zero-order chi connectivity index (χ0) is 17.6. The first kappa shape index (κ1) is 17.1. The van der Waals surface area contributed by atoms with E-state index in [4.69, 9.17) is 4.42 Å². The summed E-state index contributed by atoms with van der Waals surface area (Å²) in [5, 5.41) is 5.57. The summed E-state index contributed by atoms with van der Waals surface area (Å²) in [6.45, 7) is 4.45. The van der Waals surface area contributed by atoms with Gasteiger partial charge in [-0.2, -0.15) is 0 Å². The monoisotopic (exact) mass is 341 g/mol. The molecule has 1 fully saturated rings. The highest BCUT2D eigenvalue weighted by Gasteiger charge is 2.14. The first-order valence-electron chi connectivity index (χ1n) is 8.60. The van der Waals surface area contributed by atoms with Crippen LogP contribution in [0.25, 0.3) is 0 Å². The lowest BCUT2D eigenvalue weighted by molar-refractivity contribution is -0.116. The highest BCUT2D eigenvalue weighted by Crippen LogP contribution is 2.25. The van der Waals surface area contributed by atoms with Gasteiger partial charge in [-0.15, -0.1) is 0 Å². The summed E-state index contributed by atoms with van der Waals surface area (Å²) in [6.07, 6.45) is 4.12. The predicted octanol–water partition coefficient (Wildman–Crippen LogP) is 2.95. The standard InChI is InChI=1S/C19H23N3O3/c1-14-13-15(22-10-2-3-11-22)6-7-16(14)21-18(23)8-9-20-19(24)17-5-4-12-25-17/h4-7,12-13H,2-3,8-11H2,1H3,(H,20,24)(H,21,23). The molecule has 3 rings (SSSR count). The van der Waals surface area contributed by atoms with Crippen LogP contribution in [0, 0.1) is 6.92 Å². The van der Waals surface area contributed by atoms with E-state index in [9.17, 15) is 9.59 Å². The van der Waals surface area contributed by atoms with Crippen molar-refractivity contribution in [1.82, 2.24) is 5.32 Å². The van der Waals surface area contributed by atoms with Gasteiger partial charge in [0, 0.05) is 37.4 Å². The van der Waals surface area contributed by atoms with Crippen molar-refractivity contribution in [2.45, 2.75) is 26.2 Å². The molecule has 2 aromatic rings. The second kappa shape index (κ2) is 7.88. The number of benzene rings is 1. The number of hydrogen-bond acceptors (Lipinski definition) is 4. The minimum absolute atomic E-state index is 0.128. The van der Waals surface area contributed by atoms with Gasteiger partial charge in [0.1, 0.15) is 0 Å². The minimum Gasteiger partial charge on any atom is -0.459 e. The summed E-state index contributed by atoms with van der Waals surface area (Å²) >= 11 is 0. The quantitative estimate of drug-likeness (QED) is 0.847. The molecule has 1 aromatic heterocycles. The van der Waals surface area contributed by atoms with Crippen molar-refractivity contribution in [3.8, 4) is 0 Å². The highest BCUT2D eigenvalue weighted by molar-refractivity contribution is 5.94. The smallest absolute Gasteiger partial charge is 0.286 e. The molecule has 6 nitrogen and oxygen atoms in total. The lowest BCUT2D eigenvalue weighted by atomic mass is 10.1. The van der Waals surface area contributed by atoms with Gasteiger partial charge in [-0.1, -0.05) is 0 Å². The largest absolute Gasteiger partial charge is 0.459 e. The fraction of sp³-hybridized carbons (Fsp3) is 0.368. The number of furan rings is 1. The molecule has 0 saturated carbocycles. The Bertz CT molecular complexity index is 734. The van der Waals surface area contributed by atoms with E-state index in [0.717, 1.165) is 24.3 Å². The molecular weight excluding hydrogens is 318 g/mol. The number of nitrogens with one attached hydrogen (secondary N) is 2. The van der Waals surface area contributed by atoms with Crippen LogP contribution in [-0.2, 0) is 4.79 Å². The summed E-state index contributed by atoms with van der Waals surface area (Å²) in [5.74, 6) is -0.200. The van der Waals surface area contributed by atoms with Crippen LogP contribution in [0.5, 0.6) is 0 Å². The number of anilines is 2. The molecule has 0 radical (unpaired) electrons. The van der Waals surface area contributed by atoms with Gasteiger partial charge in [0.25, 0.3) is 5.91 Å². The van der Waals surface area contributed by atoms with Crippen molar-refractivity contribution < 1.29 is 14.0 Å². The second-order valence-electron chi connectivity index (χ2n) is 6.22. The van der Waals surface area contributed by atoms with Gasteiger partial charge in [-0.3, -0.25) is 9.59 Å². The molecule has 132 valence electrons. The van der Waals surface area contributed by atoms with Crippen LogP contribution in [0.1, 0.15) is 35.4 Å². The molecule has 0 spiro atoms. The summed E-state index contributed by atoms with van der Waals surface area (Å²) in [7, 11) is 0. The molecule has 1 saturated heterocycles. The summed E-state index contributed by atoms with van der Waals surface area (Å²) in [5.41, 5.74) is 3.06. The van der Waals surface area contributed by atoms with Crippen LogP contribution in [0.15, 0.2) is 41.0 Å². The third-order valence-corrected chi connectivity index (χ3v) is 4.34. The molecule has 2 heterocycles. The third-order valence-electron chi connectivity index (χ3n) is 4.34. The Morgan fingerprint density at radius 1 is 1.20 bits per heavy atom. The van der Waals surface area contributed by atoms with Gasteiger partial charge in [0.05, 0.1) is 6.26 Å². The number of amides is 2. The molecule has 0 unspecified atom stereocenters. The van der Waals surface area contributed by atoms with Crippen LogP contribution in [-0.4, -0.2) is 31.4 Å². The zero-order valence-corrected chi connectivity index (χ0v) is 14.4. The Hall–Kier alpha value is -2.76. The molecule has 1 aliphatic heterocycles. The number of rotatable bonds is 6. The van der Waals surface area contributed by atoms with E-state index in [2.05, 4.69) is 21.6 Å². The second-order valence-corrected chi connectivity index (χ2v) is 6.22. The van der Waals surface area contributed by atoms with Gasteiger partial charge >= 0.3 is 0 Å². The molecule has 2 N–H and O–H groups in total. The van der Waals surface area contributed by atoms with Crippen molar-refractivity contribution >= 4 is 23.2 Å². The molecular formula is C19H23N3O3. The van der Waals surface area contributed by atoms with Gasteiger partial charge < -0.3 is 20.0 Å². The summed E-state index contributed by atoms with van der Waals surface area (Å²) in [4.78, 5) is 26.2. The van der Waals surface area contributed by atoms with E-state index >= 15 is 0 Å². The first-order chi connectivity index (χ1) is 12.1. The maximum Gasteiger partial charge on any atom is 0.286 e. The van der Waals surface area contributed by atoms with Crippen molar-refractivity contribution in [2.75, 3.05) is 29.9 Å². The molecule has 6 heteroatoms. The van der Waals surface area contributed by atoms with E-state index in [1.54, 1.807) is 12.1 Å². The molecule has 0 atom stereocenters. The van der Waals surface area contributed by atoms with E-state index < -0.39 is 0 Å². The fourth-order valence-electron chi connectivity index (χ4n) is 2.96. The van der Waals surface area contributed by atoms with E-state index in [-0.39, 0.29) is 30.5 Å². The molecule has 2 amide bonds. The van der Waals surface area contributed by atoms with Crippen molar-refractivity contribution in [3.63, 3.8) is 0 Å². The Kier molecular flexibility index (Phi) is 5.38. The fourth-order valence-corrected chi connectivity index (χ4v) is 2.96. The van der Waals surface area contributed by atoms with Crippen LogP contribution in [0.2, 0.25) is 0 Å². The summed E-state index contributed by atoms with van der Waals surface area (Å²) < 4.78 is 5.00. The molecule has 0 bridgehead atoms. The predicted molar refractivity (Wildman–Crippen MR) is 96.9 cm³/mol. The highest BCUT2D eigenvalue weighted by atomic mass is 16.3. The van der Waals surface area contributed by atoms with Crippen LogP contribution >= 0.6 is 0 Å². The molecule has 1 aromatic carbocycles. The zero-order valence-electron chi connectivity index (χ0n) is 14.4. The van der Waals surface area contributed by atoms with E-state index in [1.165, 1.54) is 24.8 Å². The normalized spacial score (nSPS) is 13.7. The van der Waals surface area contributed by atoms with Gasteiger partial charge in [-0.25, -0.2) is 0 Å². The van der Waals surface area contributed by atoms with Crippen LogP contribution < -0.4 is 15.5 Å². The summed E-state index contributed by atoms with van der Waals surface area (Å²) in [6, 6.07) is 9.34. The number of carbonyl (C=O) groups is 2. The first-order valence-corrected chi connectivity index (χ1v) is 8.60. The van der Waals surface area contributed by atoms with Crippen LogP contribution in [0.4, 0.5) is 11.4 Å². The lowest BCUT2D eigenvalue weighted by Gasteiger charge is -2.19. The minimum atomic E-state index is -0.316. The third kappa shape index (κ3) is 4.41. The van der Waals surface area contributed by atoms with Gasteiger partial charge in [-0.05, 0) is 55.7 Å². The van der Waals surface area contributed by atoms with Crippen molar-refractivity contribution in [1.29, 1.82) is 0 Å². The number of hydrogen-bond donors (Lipinski definition) is 2. The van der Waals surface area contributed by atoms with Gasteiger partial charge in [0.15, 0.2) is 5.76 Å².